The van der Waals surface area contributed by atoms with E-state index in [-0.39, 0.29) is 12.1 Å². The highest BCUT2D eigenvalue weighted by atomic mass is 32.1. The molecule has 0 amide bonds. The maximum atomic E-state index is 13.9. The largest absolute Gasteiger partial charge is 0.455 e. The van der Waals surface area contributed by atoms with Crippen LogP contribution in [0.5, 0.6) is 0 Å². The topological polar surface area (TPSA) is 26.3 Å². The summed E-state index contributed by atoms with van der Waals surface area (Å²) in [6.45, 7) is 6.91. The van der Waals surface area contributed by atoms with E-state index in [0.717, 1.165) is 43.1 Å². The van der Waals surface area contributed by atoms with Gasteiger partial charge in [-0.1, -0.05) is 56.0 Å². The Balaban J connectivity index is 1.31. The molecule has 3 nitrogen and oxygen atoms in total. The van der Waals surface area contributed by atoms with Crippen molar-refractivity contribution in [2.24, 2.45) is 5.92 Å². The molecule has 1 aromatic carbocycles. The Labute approximate surface area is 197 Å². The van der Waals surface area contributed by atoms with E-state index in [2.05, 4.69) is 49.4 Å². The summed E-state index contributed by atoms with van der Waals surface area (Å²) in [4.78, 5) is 16.8. The van der Waals surface area contributed by atoms with Crippen molar-refractivity contribution in [3.05, 3.63) is 57.8 Å². The predicted octanol–water partition coefficient (Wildman–Crippen LogP) is 6.04. The predicted molar refractivity (Wildman–Crippen MR) is 131 cm³/mol. The third-order valence-electron chi connectivity index (χ3n) is 8.60. The number of aryl methyl sites for hydroxylation is 1. The Bertz CT molecular complexity index is 905. The zero-order chi connectivity index (χ0) is 22.0. The number of nitrogens with zero attached hydrogens (tertiary/aromatic N) is 1. The van der Waals surface area contributed by atoms with Crippen molar-refractivity contribution in [2.45, 2.75) is 76.2 Å². The second kappa shape index (κ2) is 9.30. The molecule has 4 heterocycles. The number of quaternary nitrogens is 1. The monoisotopic (exact) mass is 452 g/mol. The van der Waals surface area contributed by atoms with E-state index in [1.54, 1.807) is 0 Å². The lowest BCUT2D eigenvalue weighted by Crippen LogP contribution is -2.65. The van der Waals surface area contributed by atoms with E-state index in [0.29, 0.717) is 5.92 Å². The first-order valence-corrected chi connectivity index (χ1v) is 13.6. The molecule has 0 N–H and O–H groups in total. The van der Waals surface area contributed by atoms with E-state index in [1.165, 1.54) is 60.6 Å². The molecule has 1 aliphatic carbocycles. The van der Waals surface area contributed by atoms with Crippen molar-refractivity contribution < 1.29 is 14.0 Å². The molecule has 1 aromatic heterocycles. The summed E-state index contributed by atoms with van der Waals surface area (Å²) in [7, 11) is 0. The highest BCUT2D eigenvalue weighted by Gasteiger charge is 2.50. The molecule has 4 fully saturated rings. The second-order valence-electron chi connectivity index (χ2n) is 10.6. The minimum atomic E-state index is -0.441. The number of carbonyl (C=O) groups excluding carboxylic acids is 1. The van der Waals surface area contributed by atoms with E-state index >= 15 is 0 Å². The summed E-state index contributed by atoms with van der Waals surface area (Å²) < 4.78 is 7.65. The van der Waals surface area contributed by atoms with Crippen LogP contribution in [-0.2, 0) is 21.4 Å². The quantitative estimate of drug-likeness (QED) is 0.303. The van der Waals surface area contributed by atoms with Crippen molar-refractivity contribution in [1.82, 2.24) is 0 Å². The fraction of sp³-hybridized carbons (Fsp3) is 0.607. The number of benzene rings is 1. The first kappa shape index (κ1) is 22.2. The van der Waals surface area contributed by atoms with Gasteiger partial charge in [-0.25, -0.2) is 0 Å². The fourth-order valence-corrected chi connectivity index (χ4v) is 7.47. The average Bonchev–Trinajstić information content (AvgIpc) is 3.09. The number of esters is 1. The highest BCUT2D eigenvalue weighted by Crippen LogP contribution is 2.42. The van der Waals surface area contributed by atoms with Gasteiger partial charge in [-0.2, -0.15) is 0 Å². The van der Waals surface area contributed by atoms with Crippen LogP contribution in [0.3, 0.4) is 0 Å². The number of rotatable bonds is 6. The molecule has 32 heavy (non-hydrogen) atoms. The van der Waals surface area contributed by atoms with Crippen molar-refractivity contribution in [1.29, 1.82) is 0 Å². The Morgan fingerprint density at radius 1 is 1.03 bits per heavy atom. The summed E-state index contributed by atoms with van der Waals surface area (Å²) in [6.07, 6.45) is 10.2. The molecular weight excluding hydrogens is 414 g/mol. The van der Waals surface area contributed by atoms with Gasteiger partial charge in [0.05, 0.1) is 25.0 Å². The molecule has 6 rings (SSSR count). The Morgan fingerprint density at radius 2 is 1.75 bits per heavy atom. The van der Waals surface area contributed by atoms with Gasteiger partial charge < -0.3 is 9.22 Å². The first-order chi connectivity index (χ1) is 15.6. The molecule has 172 valence electrons. The SMILES string of the molecule is Cc1ccc(CC[N+]23CCC(CC2)[C@@H](OC(=O)C2(c4ccccc4)CCCCCC2)C3)s1. The molecular formula is C28H38NO2S+. The Hall–Kier alpha value is -1.65. The zero-order valence-electron chi connectivity index (χ0n) is 19.6. The summed E-state index contributed by atoms with van der Waals surface area (Å²) in [5.74, 6) is 0.623. The molecule has 2 aromatic rings. The number of piperidine rings is 3. The molecule has 2 bridgehead atoms. The molecule has 1 atom stereocenters. The number of thiophene rings is 1. The van der Waals surface area contributed by atoms with Gasteiger partial charge in [-0.05, 0) is 37.5 Å². The molecule has 1 saturated carbocycles. The summed E-state index contributed by atoms with van der Waals surface area (Å²) in [6, 6.07) is 15.0. The lowest BCUT2D eigenvalue weighted by atomic mass is 9.74. The number of hydrogen-bond acceptors (Lipinski definition) is 3. The molecule has 4 aliphatic rings. The van der Waals surface area contributed by atoms with Crippen LogP contribution in [0.4, 0.5) is 0 Å². The van der Waals surface area contributed by atoms with Gasteiger partial charge in [0, 0.05) is 34.9 Å². The molecule has 0 radical (unpaired) electrons. The maximum absolute atomic E-state index is 13.9. The molecule has 3 saturated heterocycles. The molecule has 0 unspecified atom stereocenters. The van der Waals surface area contributed by atoms with E-state index in [4.69, 9.17) is 4.74 Å². The van der Waals surface area contributed by atoms with Gasteiger partial charge in [0.2, 0.25) is 0 Å². The minimum Gasteiger partial charge on any atom is -0.455 e. The Morgan fingerprint density at radius 3 is 2.41 bits per heavy atom. The van der Waals surface area contributed by atoms with Crippen molar-refractivity contribution in [3.8, 4) is 0 Å². The summed E-state index contributed by atoms with van der Waals surface area (Å²) in [5, 5.41) is 0. The minimum absolute atomic E-state index is 0.0661. The van der Waals surface area contributed by atoms with Gasteiger partial charge >= 0.3 is 5.97 Å². The second-order valence-corrected chi connectivity index (χ2v) is 12.0. The third kappa shape index (κ3) is 4.41. The van der Waals surface area contributed by atoms with Crippen LogP contribution >= 0.6 is 11.3 Å². The van der Waals surface area contributed by atoms with Gasteiger partial charge in [0.15, 0.2) is 6.10 Å². The highest BCUT2D eigenvalue weighted by molar-refractivity contribution is 7.11. The van der Waals surface area contributed by atoms with Crippen molar-refractivity contribution >= 4 is 17.3 Å². The normalized spacial score (nSPS) is 29.4. The van der Waals surface area contributed by atoms with Crippen LogP contribution in [0.15, 0.2) is 42.5 Å². The number of fused-ring (bicyclic) bond motifs is 3. The lowest BCUT2D eigenvalue weighted by Gasteiger charge is -2.52. The fourth-order valence-electron chi connectivity index (χ4n) is 6.59. The number of hydrogen-bond donors (Lipinski definition) is 0. The maximum Gasteiger partial charge on any atom is 0.317 e. The number of carbonyl (C=O) groups is 1. The van der Waals surface area contributed by atoms with Crippen LogP contribution in [0.1, 0.15) is 66.7 Å². The van der Waals surface area contributed by atoms with Crippen LogP contribution in [0.2, 0.25) is 0 Å². The van der Waals surface area contributed by atoms with Gasteiger partial charge in [0.25, 0.3) is 0 Å². The molecule has 0 spiro atoms. The van der Waals surface area contributed by atoms with E-state index < -0.39 is 5.41 Å². The van der Waals surface area contributed by atoms with Crippen molar-refractivity contribution in [2.75, 3.05) is 26.2 Å². The molecule has 4 heteroatoms. The zero-order valence-corrected chi connectivity index (χ0v) is 20.4. The smallest absolute Gasteiger partial charge is 0.317 e. The average molecular weight is 453 g/mol. The van der Waals surface area contributed by atoms with Crippen LogP contribution in [-0.4, -0.2) is 42.7 Å². The van der Waals surface area contributed by atoms with Crippen LogP contribution in [0.25, 0.3) is 0 Å². The summed E-state index contributed by atoms with van der Waals surface area (Å²) in [5.41, 5.74) is 0.730. The standard InChI is InChI=1S/C28H38NO2S/c1-22-11-12-25(32-22)15-20-29-18-13-23(14-19-29)26(21-29)31-27(30)28(16-7-2-3-8-17-28)24-9-5-4-6-10-24/h4-6,9-12,23,26H,2-3,7-8,13-21H2,1H3/q+1/t23?,26-,29?/m0/s1. The van der Waals surface area contributed by atoms with Crippen LogP contribution < -0.4 is 0 Å². The lowest BCUT2D eigenvalue weighted by molar-refractivity contribution is -0.945. The van der Waals surface area contributed by atoms with E-state index in [1.807, 2.05) is 11.3 Å². The van der Waals surface area contributed by atoms with Gasteiger partial charge in [0.1, 0.15) is 6.54 Å². The van der Waals surface area contributed by atoms with Crippen LogP contribution in [0, 0.1) is 12.8 Å². The van der Waals surface area contributed by atoms with Crippen molar-refractivity contribution in [3.63, 3.8) is 0 Å². The molecule has 3 aliphatic heterocycles. The van der Waals surface area contributed by atoms with Gasteiger partial charge in [-0.15, -0.1) is 11.3 Å². The number of ether oxygens (including phenoxy) is 1. The third-order valence-corrected chi connectivity index (χ3v) is 9.66. The first-order valence-electron chi connectivity index (χ1n) is 12.8. The van der Waals surface area contributed by atoms with Gasteiger partial charge in [-0.3, -0.25) is 4.79 Å². The summed E-state index contributed by atoms with van der Waals surface area (Å²) >= 11 is 1.93. The Kier molecular flexibility index (Phi) is 6.44. The van der Waals surface area contributed by atoms with E-state index in [9.17, 15) is 4.79 Å².